The first kappa shape index (κ1) is 15.5. The van der Waals surface area contributed by atoms with Gasteiger partial charge in [0, 0.05) is 17.6 Å². The van der Waals surface area contributed by atoms with Crippen molar-refractivity contribution in [3.8, 4) is 0 Å². The van der Waals surface area contributed by atoms with Crippen LogP contribution >= 0.6 is 11.6 Å². The fourth-order valence-corrected chi connectivity index (χ4v) is 2.32. The molecule has 0 aliphatic carbocycles. The summed E-state index contributed by atoms with van der Waals surface area (Å²) in [5.41, 5.74) is 2.14. The predicted octanol–water partition coefficient (Wildman–Crippen LogP) is 3.73. The fraction of sp³-hybridized carbons (Fsp3) is 0.235. The lowest BCUT2D eigenvalue weighted by atomic mass is 10.0. The quantitative estimate of drug-likeness (QED) is 0.826. The lowest BCUT2D eigenvalue weighted by Crippen LogP contribution is -2.24. The van der Waals surface area contributed by atoms with Gasteiger partial charge in [0.2, 0.25) is 0 Å². The Kier molecular flexibility index (Phi) is 5.78. The Morgan fingerprint density at radius 1 is 1.19 bits per heavy atom. The first-order valence-corrected chi connectivity index (χ1v) is 7.16. The molecule has 2 aromatic carbocycles. The molecule has 0 saturated heterocycles. The lowest BCUT2D eigenvalue weighted by Gasteiger charge is -2.18. The summed E-state index contributed by atoms with van der Waals surface area (Å²) in [6.45, 7) is 0.676. The Labute approximate surface area is 129 Å². The maximum absolute atomic E-state index is 11.6. The third-order valence-corrected chi connectivity index (χ3v) is 3.48. The van der Waals surface area contributed by atoms with E-state index in [-0.39, 0.29) is 18.4 Å². The second kappa shape index (κ2) is 7.81. The zero-order valence-electron chi connectivity index (χ0n) is 11.9. The van der Waals surface area contributed by atoms with E-state index in [4.69, 9.17) is 16.3 Å². The summed E-state index contributed by atoms with van der Waals surface area (Å²) in [6.07, 6.45) is 0.268. The highest BCUT2D eigenvalue weighted by atomic mass is 35.5. The summed E-state index contributed by atoms with van der Waals surface area (Å²) in [4.78, 5) is 11.6. The van der Waals surface area contributed by atoms with Crippen LogP contribution in [0.4, 0.5) is 0 Å². The molecule has 21 heavy (non-hydrogen) atoms. The molecule has 0 bridgehead atoms. The third-order valence-electron chi connectivity index (χ3n) is 3.24. The van der Waals surface area contributed by atoms with Crippen molar-refractivity contribution in [2.75, 3.05) is 7.11 Å². The van der Waals surface area contributed by atoms with Crippen LogP contribution in [-0.4, -0.2) is 13.1 Å². The van der Waals surface area contributed by atoms with Crippen LogP contribution in [0.3, 0.4) is 0 Å². The molecule has 110 valence electrons. The van der Waals surface area contributed by atoms with Crippen molar-refractivity contribution in [2.45, 2.75) is 19.0 Å². The topological polar surface area (TPSA) is 38.3 Å². The van der Waals surface area contributed by atoms with Gasteiger partial charge in [-0.3, -0.25) is 4.79 Å². The highest BCUT2D eigenvalue weighted by Gasteiger charge is 2.16. The average molecular weight is 304 g/mol. The average Bonchev–Trinajstić information content (AvgIpc) is 2.52. The molecular formula is C17H18ClNO2. The minimum atomic E-state index is -0.250. The Balaban J connectivity index is 2.10. The van der Waals surface area contributed by atoms with Crippen molar-refractivity contribution >= 4 is 17.6 Å². The van der Waals surface area contributed by atoms with Crippen molar-refractivity contribution in [3.05, 3.63) is 70.7 Å². The second-order valence-electron chi connectivity index (χ2n) is 4.75. The molecule has 4 heteroatoms. The van der Waals surface area contributed by atoms with E-state index in [2.05, 4.69) is 5.32 Å². The second-order valence-corrected chi connectivity index (χ2v) is 5.19. The van der Waals surface area contributed by atoms with Crippen LogP contribution in [0.2, 0.25) is 5.02 Å². The Hall–Kier alpha value is -1.84. The van der Waals surface area contributed by atoms with Crippen molar-refractivity contribution in [2.24, 2.45) is 0 Å². The van der Waals surface area contributed by atoms with Crippen LogP contribution in [0, 0.1) is 0 Å². The van der Waals surface area contributed by atoms with E-state index in [0.29, 0.717) is 11.6 Å². The van der Waals surface area contributed by atoms with Gasteiger partial charge in [-0.15, -0.1) is 0 Å². The number of benzene rings is 2. The maximum atomic E-state index is 11.6. The van der Waals surface area contributed by atoms with Crippen LogP contribution in [0.15, 0.2) is 54.6 Å². The summed E-state index contributed by atoms with van der Waals surface area (Å²) < 4.78 is 4.77. The fourth-order valence-electron chi connectivity index (χ4n) is 2.12. The van der Waals surface area contributed by atoms with E-state index in [1.807, 2.05) is 54.6 Å². The van der Waals surface area contributed by atoms with Gasteiger partial charge in [-0.05, 0) is 23.3 Å². The minimum Gasteiger partial charge on any atom is -0.469 e. The first-order chi connectivity index (χ1) is 10.2. The van der Waals surface area contributed by atoms with E-state index in [0.717, 1.165) is 11.1 Å². The molecule has 0 fully saturated rings. The van der Waals surface area contributed by atoms with Crippen LogP contribution in [0.1, 0.15) is 23.6 Å². The van der Waals surface area contributed by atoms with Gasteiger partial charge in [0.15, 0.2) is 0 Å². The zero-order chi connectivity index (χ0) is 15.1. The summed E-state index contributed by atoms with van der Waals surface area (Å²) in [7, 11) is 1.40. The number of hydrogen-bond donors (Lipinski definition) is 1. The van der Waals surface area contributed by atoms with Gasteiger partial charge in [-0.1, -0.05) is 54.1 Å². The number of carbonyl (C=O) groups excluding carboxylic acids is 1. The highest BCUT2D eigenvalue weighted by molar-refractivity contribution is 6.30. The summed E-state index contributed by atoms with van der Waals surface area (Å²) in [5.74, 6) is -0.250. The molecule has 1 atom stereocenters. The van der Waals surface area contributed by atoms with Gasteiger partial charge in [0.05, 0.1) is 13.5 Å². The van der Waals surface area contributed by atoms with Crippen molar-refractivity contribution in [1.82, 2.24) is 5.32 Å². The van der Waals surface area contributed by atoms with E-state index in [9.17, 15) is 4.79 Å². The number of halogens is 1. The zero-order valence-corrected chi connectivity index (χ0v) is 12.6. The van der Waals surface area contributed by atoms with Crippen LogP contribution in [-0.2, 0) is 16.1 Å². The van der Waals surface area contributed by atoms with Crippen molar-refractivity contribution in [3.63, 3.8) is 0 Å². The smallest absolute Gasteiger partial charge is 0.307 e. The van der Waals surface area contributed by atoms with Gasteiger partial charge in [-0.2, -0.15) is 0 Å². The van der Waals surface area contributed by atoms with Crippen molar-refractivity contribution in [1.29, 1.82) is 0 Å². The monoisotopic (exact) mass is 303 g/mol. The Bertz CT molecular complexity index is 586. The van der Waals surface area contributed by atoms with Crippen molar-refractivity contribution < 1.29 is 9.53 Å². The van der Waals surface area contributed by atoms with Gasteiger partial charge in [0.25, 0.3) is 0 Å². The Morgan fingerprint density at radius 3 is 2.62 bits per heavy atom. The molecule has 0 aliphatic heterocycles. The van der Waals surface area contributed by atoms with Gasteiger partial charge < -0.3 is 10.1 Å². The molecule has 0 heterocycles. The molecule has 0 amide bonds. The standard InChI is InChI=1S/C17H18ClNO2/c1-21-17(20)11-16(14-8-5-9-15(18)10-14)19-12-13-6-3-2-4-7-13/h2-10,16,19H,11-12H2,1H3. The number of hydrogen-bond acceptors (Lipinski definition) is 3. The predicted molar refractivity (Wildman–Crippen MR) is 84.1 cm³/mol. The Morgan fingerprint density at radius 2 is 1.95 bits per heavy atom. The number of carbonyl (C=O) groups is 1. The summed E-state index contributed by atoms with van der Waals surface area (Å²) >= 11 is 6.03. The van der Waals surface area contributed by atoms with E-state index in [1.165, 1.54) is 7.11 Å². The summed E-state index contributed by atoms with van der Waals surface area (Å²) in [6, 6.07) is 17.4. The SMILES string of the molecule is COC(=O)CC(NCc1ccccc1)c1cccc(Cl)c1. The third kappa shape index (κ3) is 4.88. The summed E-state index contributed by atoms with van der Waals surface area (Å²) in [5, 5.41) is 4.04. The van der Waals surface area contributed by atoms with E-state index < -0.39 is 0 Å². The number of esters is 1. The molecule has 1 N–H and O–H groups in total. The molecule has 0 saturated carbocycles. The van der Waals surface area contributed by atoms with Gasteiger partial charge >= 0.3 is 5.97 Å². The number of rotatable bonds is 6. The number of nitrogens with one attached hydrogen (secondary N) is 1. The van der Waals surface area contributed by atoms with Gasteiger partial charge in [0.1, 0.15) is 0 Å². The number of methoxy groups -OCH3 is 1. The largest absolute Gasteiger partial charge is 0.469 e. The van der Waals surface area contributed by atoms with E-state index in [1.54, 1.807) is 0 Å². The maximum Gasteiger partial charge on any atom is 0.307 e. The van der Waals surface area contributed by atoms with E-state index >= 15 is 0 Å². The molecule has 2 aromatic rings. The van der Waals surface area contributed by atoms with Crippen LogP contribution in [0.25, 0.3) is 0 Å². The molecule has 0 radical (unpaired) electrons. The highest BCUT2D eigenvalue weighted by Crippen LogP contribution is 2.21. The molecule has 2 rings (SSSR count). The number of ether oxygens (including phenoxy) is 1. The molecule has 0 aromatic heterocycles. The lowest BCUT2D eigenvalue weighted by molar-refractivity contribution is -0.141. The molecule has 3 nitrogen and oxygen atoms in total. The molecule has 0 spiro atoms. The molecule has 0 aliphatic rings. The van der Waals surface area contributed by atoms with Crippen LogP contribution < -0.4 is 5.32 Å². The molecule has 1 unspecified atom stereocenters. The van der Waals surface area contributed by atoms with Crippen LogP contribution in [0.5, 0.6) is 0 Å². The van der Waals surface area contributed by atoms with Gasteiger partial charge in [-0.25, -0.2) is 0 Å². The first-order valence-electron chi connectivity index (χ1n) is 6.78. The normalized spacial score (nSPS) is 11.9. The minimum absolute atomic E-state index is 0.128. The molecular weight excluding hydrogens is 286 g/mol.